The number of nitrogen functional groups attached to an aromatic ring is 1. The number of nitrogens with one attached hydrogen (secondary N) is 1. The molecule has 3 N–H and O–H groups in total. The van der Waals surface area contributed by atoms with Gasteiger partial charge in [0.2, 0.25) is 0 Å². The van der Waals surface area contributed by atoms with Crippen LogP contribution in [-0.4, -0.2) is 31.7 Å². The van der Waals surface area contributed by atoms with Gasteiger partial charge in [-0.15, -0.1) is 0 Å². The highest BCUT2D eigenvalue weighted by atomic mass is 16.5. The first kappa shape index (κ1) is 13.4. The Kier molecular flexibility index (Phi) is 4.01. The van der Waals surface area contributed by atoms with Crippen LogP contribution in [0.15, 0.2) is 24.3 Å². The van der Waals surface area contributed by atoms with Gasteiger partial charge in [-0.05, 0) is 31.0 Å². The lowest BCUT2D eigenvalue weighted by atomic mass is 10.1. The topological polar surface area (TPSA) is 84.7 Å². The van der Waals surface area contributed by atoms with E-state index in [9.17, 15) is 9.59 Å². The van der Waals surface area contributed by atoms with Gasteiger partial charge in [-0.3, -0.25) is 4.79 Å². The smallest absolute Gasteiger partial charge is 0.329 e. The van der Waals surface area contributed by atoms with Crippen LogP contribution in [-0.2, 0) is 9.53 Å². The molecule has 19 heavy (non-hydrogen) atoms. The second-order valence-corrected chi connectivity index (χ2v) is 4.41. The summed E-state index contributed by atoms with van der Waals surface area (Å²) in [6.07, 6.45) is 1.29. The predicted molar refractivity (Wildman–Crippen MR) is 71.8 cm³/mol. The third-order valence-corrected chi connectivity index (χ3v) is 2.99. The Morgan fingerprint density at radius 3 is 2.89 bits per heavy atom. The third kappa shape index (κ3) is 2.85. The molecule has 1 saturated heterocycles. The maximum Gasteiger partial charge on any atom is 0.329 e. The molecule has 3 amide bonds. The molecule has 1 aromatic carbocycles. The fraction of sp³-hybridized carbons (Fsp3) is 0.385. The Bertz CT molecular complexity index is 490. The zero-order chi connectivity index (χ0) is 13.8. The summed E-state index contributed by atoms with van der Waals surface area (Å²) in [5, 5.41) is 2.67. The van der Waals surface area contributed by atoms with E-state index in [0.717, 1.165) is 11.3 Å². The number of nitrogens with two attached hydrogens (primary N) is 1. The normalized spacial score (nSPS) is 18.8. The number of hydrogen-bond acceptors (Lipinski definition) is 4. The molecule has 6 nitrogen and oxygen atoms in total. The number of imide groups is 1. The van der Waals surface area contributed by atoms with E-state index in [1.807, 2.05) is 0 Å². The molecule has 1 atom stereocenters. The van der Waals surface area contributed by atoms with Crippen molar-refractivity contribution in [3.63, 3.8) is 0 Å². The lowest BCUT2D eigenvalue weighted by Gasteiger charge is -2.13. The molecular weight excluding hydrogens is 246 g/mol. The lowest BCUT2D eigenvalue weighted by Crippen LogP contribution is -2.31. The van der Waals surface area contributed by atoms with Crippen LogP contribution in [0.3, 0.4) is 0 Å². The first-order chi connectivity index (χ1) is 9.13. The number of anilines is 2. The third-order valence-electron chi connectivity index (χ3n) is 2.99. The summed E-state index contributed by atoms with van der Waals surface area (Å²) in [5.74, 6) is -0.244. The Balaban J connectivity index is 2.10. The molecule has 0 radical (unpaired) electrons. The number of amides is 3. The van der Waals surface area contributed by atoms with Crippen LogP contribution in [0.25, 0.3) is 0 Å². The Morgan fingerprint density at radius 1 is 1.42 bits per heavy atom. The van der Waals surface area contributed by atoms with Crippen LogP contribution >= 0.6 is 0 Å². The van der Waals surface area contributed by atoms with E-state index in [2.05, 4.69) is 5.32 Å². The number of hydrogen-bond donors (Lipinski definition) is 2. The molecule has 0 spiro atoms. The van der Waals surface area contributed by atoms with Crippen LogP contribution in [0.2, 0.25) is 0 Å². The maximum atomic E-state index is 12.2. The summed E-state index contributed by atoms with van der Waals surface area (Å²) in [4.78, 5) is 25.2. The van der Waals surface area contributed by atoms with Gasteiger partial charge in [-0.2, -0.15) is 0 Å². The van der Waals surface area contributed by atoms with Gasteiger partial charge in [-0.25, -0.2) is 9.69 Å². The number of carbonyl (C=O) groups is 2. The summed E-state index contributed by atoms with van der Waals surface area (Å²) in [6.45, 7) is 0.567. The molecule has 1 aliphatic heterocycles. The van der Waals surface area contributed by atoms with E-state index in [-0.39, 0.29) is 5.91 Å². The number of nitrogens with zero attached hydrogens (tertiary/aromatic N) is 1. The number of methoxy groups -OCH3 is 1. The predicted octanol–water partition coefficient (Wildman–Crippen LogP) is 1.12. The van der Waals surface area contributed by atoms with Crippen molar-refractivity contribution >= 4 is 23.3 Å². The molecule has 0 aromatic heterocycles. The van der Waals surface area contributed by atoms with E-state index in [1.165, 1.54) is 0 Å². The number of carbonyl (C=O) groups excluding carboxylic acids is 2. The van der Waals surface area contributed by atoms with Crippen molar-refractivity contribution in [2.45, 2.75) is 18.9 Å². The van der Waals surface area contributed by atoms with Crippen molar-refractivity contribution in [2.75, 3.05) is 24.4 Å². The number of ether oxygens (including phenoxy) is 1. The van der Waals surface area contributed by atoms with E-state index < -0.39 is 12.1 Å². The standard InChI is InChI=1S/C13H17N3O3/c1-19-7-3-6-11-12(17)16(13(18)15-11)10-5-2-4-9(14)8-10/h2,4-5,8,11H,3,6-7,14H2,1H3,(H,15,18). The lowest BCUT2D eigenvalue weighted by molar-refractivity contribution is -0.118. The van der Waals surface area contributed by atoms with Crippen LogP contribution in [0, 0.1) is 0 Å². The molecule has 1 unspecified atom stereocenters. The average molecular weight is 263 g/mol. The Morgan fingerprint density at radius 2 is 2.21 bits per heavy atom. The molecule has 1 aliphatic rings. The quantitative estimate of drug-likeness (QED) is 0.473. The molecule has 1 aromatic rings. The van der Waals surface area contributed by atoms with Gasteiger partial charge < -0.3 is 15.8 Å². The number of urea groups is 1. The first-order valence-electron chi connectivity index (χ1n) is 6.12. The monoisotopic (exact) mass is 263 g/mol. The van der Waals surface area contributed by atoms with Gasteiger partial charge >= 0.3 is 6.03 Å². The van der Waals surface area contributed by atoms with Crippen molar-refractivity contribution in [2.24, 2.45) is 0 Å². The van der Waals surface area contributed by atoms with Gasteiger partial charge in [0.25, 0.3) is 5.91 Å². The second kappa shape index (κ2) is 5.71. The number of rotatable bonds is 5. The van der Waals surface area contributed by atoms with E-state index in [1.54, 1.807) is 31.4 Å². The zero-order valence-electron chi connectivity index (χ0n) is 10.8. The highest BCUT2D eigenvalue weighted by Gasteiger charge is 2.38. The van der Waals surface area contributed by atoms with Gasteiger partial charge in [0.15, 0.2) is 0 Å². The molecule has 1 heterocycles. The summed E-state index contributed by atoms with van der Waals surface area (Å²) in [7, 11) is 1.61. The van der Waals surface area contributed by atoms with Crippen molar-refractivity contribution < 1.29 is 14.3 Å². The molecular formula is C13H17N3O3. The molecule has 102 valence electrons. The SMILES string of the molecule is COCCCC1NC(=O)N(c2cccc(N)c2)C1=O. The summed E-state index contributed by atoms with van der Waals surface area (Å²) < 4.78 is 4.94. The minimum absolute atomic E-state index is 0.244. The fourth-order valence-electron chi connectivity index (χ4n) is 2.07. The summed E-state index contributed by atoms with van der Waals surface area (Å²) in [6, 6.07) is 5.82. The zero-order valence-corrected chi connectivity index (χ0v) is 10.8. The van der Waals surface area contributed by atoms with Gasteiger partial charge in [0.05, 0.1) is 5.69 Å². The molecule has 2 rings (SSSR count). The van der Waals surface area contributed by atoms with Crippen molar-refractivity contribution in [3.8, 4) is 0 Å². The van der Waals surface area contributed by atoms with E-state index in [4.69, 9.17) is 10.5 Å². The fourth-order valence-corrected chi connectivity index (χ4v) is 2.07. The largest absolute Gasteiger partial charge is 0.399 e. The van der Waals surface area contributed by atoms with Crippen LogP contribution in [0.5, 0.6) is 0 Å². The molecule has 0 bridgehead atoms. The Hall–Kier alpha value is -2.08. The minimum Gasteiger partial charge on any atom is -0.399 e. The van der Waals surface area contributed by atoms with E-state index >= 15 is 0 Å². The molecule has 0 saturated carbocycles. The first-order valence-corrected chi connectivity index (χ1v) is 6.12. The second-order valence-electron chi connectivity index (χ2n) is 4.41. The van der Waals surface area contributed by atoms with Gasteiger partial charge in [-0.1, -0.05) is 6.07 Å². The maximum absolute atomic E-state index is 12.2. The molecule has 6 heteroatoms. The van der Waals surface area contributed by atoms with Gasteiger partial charge in [0, 0.05) is 19.4 Å². The van der Waals surface area contributed by atoms with Crippen molar-refractivity contribution in [1.82, 2.24) is 5.32 Å². The highest BCUT2D eigenvalue weighted by molar-refractivity contribution is 6.21. The molecule has 0 aliphatic carbocycles. The van der Waals surface area contributed by atoms with Crippen molar-refractivity contribution in [3.05, 3.63) is 24.3 Å². The summed E-state index contributed by atoms with van der Waals surface area (Å²) in [5.41, 5.74) is 6.68. The average Bonchev–Trinajstić information content (AvgIpc) is 2.65. The van der Waals surface area contributed by atoms with Crippen LogP contribution < -0.4 is 16.0 Å². The highest BCUT2D eigenvalue weighted by Crippen LogP contribution is 2.22. The number of benzene rings is 1. The van der Waals surface area contributed by atoms with Crippen LogP contribution in [0.1, 0.15) is 12.8 Å². The summed E-state index contributed by atoms with van der Waals surface area (Å²) >= 11 is 0. The Labute approximate surface area is 111 Å². The van der Waals surface area contributed by atoms with Crippen molar-refractivity contribution in [1.29, 1.82) is 0 Å². The minimum atomic E-state index is -0.482. The van der Waals surface area contributed by atoms with Crippen LogP contribution in [0.4, 0.5) is 16.2 Å². The van der Waals surface area contributed by atoms with Gasteiger partial charge in [0.1, 0.15) is 6.04 Å². The van der Waals surface area contributed by atoms with E-state index in [0.29, 0.717) is 24.4 Å². The molecule has 1 fully saturated rings.